The highest BCUT2D eigenvalue weighted by atomic mass is 35.5. The van der Waals surface area contributed by atoms with Crippen LogP contribution in [0, 0.1) is 5.82 Å². The van der Waals surface area contributed by atoms with Gasteiger partial charge in [0.05, 0.1) is 40.5 Å². The number of nitrogens with zero attached hydrogens (tertiary/aromatic N) is 2. The van der Waals surface area contributed by atoms with Crippen LogP contribution in [0.2, 0.25) is 5.02 Å². The summed E-state index contributed by atoms with van der Waals surface area (Å²) >= 11 is 6.12. The molecule has 4 aromatic rings. The first-order valence-electron chi connectivity index (χ1n) is 16.0. The van der Waals surface area contributed by atoms with Gasteiger partial charge < -0.3 is 18.9 Å². The summed E-state index contributed by atoms with van der Waals surface area (Å²) in [5.41, 5.74) is 3.92. The van der Waals surface area contributed by atoms with E-state index in [2.05, 4.69) is 0 Å². The predicted molar refractivity (Wildman–Crippen MR) is 180 cm³/mol. The zero-order valence-electron chi connectivity index (χ0n) is 27.0. The molecule has 2 fully saturated rings. The maximum atomic E-state index is 13.3. The number of carbonyl (C=O) groups is 2. The lowest BCUT2D eigenvalue weighted by Crippen LogP contribution is -2.44. The van der Waals surface area contributed by atoms with Gasteiger partial charge in [0.2, 0.25) is 11.8 Å². The number of methoxy groups -OCH3 is 2. The average molecular weight is 673 g/mol. The van der Waals surface area contributed by atoms with Gasteiger partial charge in [-0.05, 0) is 70.8 Å². The summed E-state index contributed by atoms with van der Waals surface area (Å²) in [6, 6.07) is 25.4. The number of benzene rings is 4. The summed E-state index contributed by atoms with van der Waals surface area (Å²) in [7, 11) is 3.18. The number of amides is 2. The van der Waals surface area contributed by atoms with Crippen molar-refractivity contribution in [1.82, 2.24) is 10.0 Å². The van der Waals surface area contributed by atoms with Crippen LogP contribution in [0.5, 0.6) is 23.0 Å². The number of hydrogen-bond acceptors (Lipinski definition) is 6. The lowest BCUT2D eigenvalue weighted by Gasteiger charge is -2.28. The Morgan fingerprint density at radius 1 is 0.667 bits per heavy atom. The molecule has 2 atom stereocenters. The Bertz CT molecular complexity index is 1770. The number of halogens is 2. The average Bonchev–Trinajstić information content (AvgIpc) is 3.67. The molecule has 0 aliphatic carbocycles. The van der Waals surface area contributed by atoms with E-state index in [1.807, 2.05) is 60.7 Å². The quantitative estimate of drug-likeness (QED) is 0.153. The van der Waals surface area contributed by atoms with Gasteiger partial charge in [-0.2, -0.15) is 0 Å². The van der Waals surface area contributed by atoms with E-state index in [-0.39, 0.29) is 42.3 Å². The van der Waals surface area contributed by atoms with Crippen molar-refractivity contribution < 1.29 is 32.9 Å². The van der Waals surface area contributed by atoms with Crippen LogP contribution in [0.15, 0.2) is 84.9 Å². The summed E-state index contributed by atoms with van der Waals surface area (Å²) in [4.78, 5) is 26.6. The normalized spacial score (nSPS) is 17.6. The largest absolute Gasteiger partial charge is 0.493 e. The first-order valence-corrected chi connectivity index (χ1v) is 16.4. The molecule has 0 N–H and O–H groups in total. The highest BCUT2D eigenvalue weighted by Crippen LogP contribution is 2.39. The molecule has 8 nitrogen and oxygen atoms in total. The molecule has 2 amide bonds. The molecular formula is C38H38ClFN2O6. The molecule has 48 heavy (non-hydrogen) atoms. The van der Waals surface area contributed by atoms with Crippen molar-refractivity contribution in [3.8, 4) is 23.0 Å². The molecule has 6 rings (SSSR count). The zero-order chi connectivity index (χ0) is 33.6. The molecule has 2 aliphatic rings. The van der Waals surface area contributed by atoms with E-state index in [1.165, 1.54) is 12.1 Å². The molecule has 250 valence electrons. The van der Waals surface area contributed by atoms with Crippen molar-refractivity contribution in [3.05, 3.63) is 118 Å². The Kier molecular flexibility index (Phi) is 10.3. The fourth-order valence-electron chi connectivity index (χ4n) is 6.32. The van der Waals surface area contributed by atoms with Crippen molar-refractivity contribution in [2.45, 2.75) is 37.5 Å². The van der Waals surface area contributed by atoms with Crippen molar-refractivity contribution in [2.75, 3.05) is 40.5 Å². The SMILES string of the molecule is COc1ccc(C2CC(=O)N(N3CC(c4ccc(OC)c(OCCc5cccc(Cl)c5)c4)CC3=O)C2)cc1OCCc1ccc(F)cc1. The van der Waals surface area contributed by atoms with Gasteiger partial charge in [0.1, 0.15) is 5.82 Å². The lowest BCUT2D eigenvalue weighted by molar-refractivity contribution is -0.155. The third kappa shape index (κ3) is 7.68. The third-order valence-electron chi connectivity index (χ3n) is 8.91. The van der Waals surface area contributed by atoms with Crippen molar-refractivity contribution in [1.29, 1.82) is 0 Å². The van der Waals surface area contributed by atoms with E-state index in [0.717, 1.165) is 22.3 Å². The van der Waals surface area contributed by atoms with Crippen LogP contribution < -0.4 is 18.9 Å². The molecule has 0 saturated carbocycles. The van der Waals surface area contributed by atoms with Crippen molar-refractivity contribution in [2.24, 2.45) is 0 Å². The van der Waals surface area contributed by atoms with Crippen LogP contribution in [0.4, 0.5) is 4.39 Å². The van der Waals surface area contributed by atoms with Gasteiger partial charge in [0.25, 0.3) is 0 Å². The number of carbonyl (C=O) groups excluding carboxylic acids is 2. The van der Waals surface area contributed by atoms with Gasteiger partial charge in [-0.1, -0.05) is 48.0 Å². The van der Waals surface area contributed by atoms with Crippen LogP contribution >= 0.6 is 11.6 Å². The van der Waals surface area contributed by atoms with Crippen LogP contribution in [-0.2, 0) is 22.4 Å². The van der Waals surface area contributed by atoms with Crippen molar-refractivity contribution in [3.63, 3.8) is 0 Å². The van der Waals surface area contributed by atoms with E-state index in [0.29, 0.717) is 67.2 Å². The van der Waals surface area contributed by atoms with Crippen molar-refractivity contribution >= 4 is 23.4 Å². The van der Waals surface area contributed by atoms with Gasteiger partial charge in [0.15, 0.2) is 23.0 Å². The first-order chi connectivity index (χ1) is 23.3. The minimum absolute atomic E-state index is 0.0900. The highest BCUT2D eigenvalue weighted by molar-refractivity contribution is 6.30. The topological polar surface area (TPSA) is 77.5 Å². The maximum Gasteiger partial charge on any atom is 0.241 e. The molecule has 4 aromatic carbocycles. The second-order valence-corrected chi connectivity index (χ2v) is 12.5. The van der Waals surface area contributed by atoms with Gasteiger partial charge in [-0.3, -0.25) is 19.6 Å². The highest BCUT2D eigenvalue weighted by Gasteiger charge is 2.41. The molecular weight excluding hydrogens is 635 g/mol. The number of hydrogen-bond donors (Lipinski definition) is 0. The van der Waals surface area contributed by atoms with Crippen LogP contribution in [0.3, 0.4) is 0 Å². The second-order valence-electron chi connectivity index (χ2n) is 12.0. The minimum Gasteiger partial charge on any atom is -0.493 e. The maximum absolute atomic E-state index is 13.3. The van der Waals surface area contributed by atoms with Gasteiger partial charge >= 0.3 is 0 Å². The van der Waals surface area contributed by atoms with Crippen LogP contribution in [-0.4, -0.2) is 62.4 Å². The standard InChI is InChI=1S/C38H38ClFN2O6/c1-45-33-12-8-27(19-35(33)47-16-14-25-6-10-32(40)11-7-25)29-21-37(43)41(23-29)42-24-30(22-38(42)44)28-9-13-34(46-2)36(20-28)48-17-15-26-4-3-5-31(39)18-26/h3-13,18-20,29-30H,14-17,21-24H2,1-2H3. The molecule has 0 bridgehead atoms. The Balaban J connectivity index is 1.09. The fourth-order valence-corrected chi connectivity index (χ4v) is 6.53. The Hall–Kier alpha value is -4.76. The summed E-state index contributed by atoms with van der Waals surface area (Å²) in [6.45, 7) is 1.60. The van der Waals surface area contributed by atoms with Gasteiger partial charge in [0, 0.05) is 42.5 Å². The van der Waals surface area contributed by atoms with Gasteiger partial charge in [-0.15, -0.1) is 0 Å². The summed E-state index contributed by atoms with van der Waals surface area (Å²) in [5, 5.41) is 3.88. The fraction of sp³-hybridized carbons (Fsp3) is 0.316. The summed E-state index contributed by atoms with van der Waals surface area (Å²) < 4.78 is 36.5. The molecule has 2 unspecified atom stereocenters. The molecule has 10 heteroatoms. The number of hydrazine groups is 1. The van der Waals surface area contributed by atoms with E-state index < -0.39 is 0 Å². The zero-order valence-corrected chi connectivity index (χ0v) is 27.8. The minimum atomic E-state index is -0.276. The molecule has 0 spiro atoms. The summed E-state index contributed by atoms with van der Waals surface area (Å²) in [5.74, 6) is 1.70. The van der Waals surface area contributed by atoms with E-state index in [4.69, 9.17) is 30.5 Å². The Labute approximate surface area is 284 Å². The predicted octanol–water partition coefficient (Wildman–Crippen LogP) is 6.99. The molecule has 2 heterocycles. The molecule has 2 aliphatic heterocycles. The molecule has 0 aromatic heterocycles. The number of ether oxygens (including phenoxy) is 4. The van der Waals surface area contributed by atoms with E-state index in [9.17, 15) is 14.0 Å². The van der Waals surface area contributed by atoms with E-state index >= 15 is 0 Å². The summed E-state index contributed by atoms with van der Waals surface area (Å²) in [6.07, 6.45) is 1.85. The lowest BCUT2D eigenvalue weighted by atomic mass is 9.98. The van der Waals surface area contributed by atoms with Crippen LogP contribution in [0.1, 0.15) is 46.9 Å². The van der Waals surface area contributed by atoms with Crippen LogP contribution in [0.25, 0.3) is 0 Å². The number of rotatable bonds is 13. The Morgan fingerprint density at radius 2 is 1.19 bits per heavy atom. The van der Waals surface area contributed by atoms with E-state index in [1.54, 1.807) is 36.4 Å². The Morgan fingerprint density at radius 3 is 1.69 bits per heavy atom. The smallest absolute Gasteiger partial charge is 0.241 e. The molecule has 0 radical (unpaired) electrons. The third-order valence-corrected chi connectivity index (χ3v) is 9.15. The monoisotopic (exact) mass is 672 g/mol. The first kappa shape index (κ1) is 33.2. The second kappa shape index (κ2) is 15.0. The molecule has 2 saturated heterocycles. The van der Waals surface area contributed by atoms with Gasteiger partial charge in [-0.25, -0.2) is 4.39 Å².